The highest BCUT2D eigenvalue weighted by Crippen LogP contribution is 2.26. The molecule has 2 heterocycles. The first-order chi connectivity index (χ1) is 14.9. The fraction of sp³-hybridized carbons (Fsp3) is 0.440. The van der Waals surface area contributed by atoms with Gasteiger partial charge >= 0.3 is 0 Å². The van der Waals surface area contributed by atoms with Gasteiger partial charge in [-0.25, -0.2) is 4.98 Å². The molecule has 1 aliphatic heterocycles. The van der Waals surface area contributed by atoms with Gasteiger partial charge in [0.25, 0.3) is 5.56 Å². The van der Waals surface area contributed by atoms with Crippen molar-refractivity contribution < 1.29 is 4.74 Å². The number of hydrogen-bond acceptors (Lipinski definition) is 5. The number of ether oxygens (including phenoxy) is 1. The van der Waals surface area contributed by atoms with E-state index in [2.05, 4.69) is 49.9 Å². The first kappa shape index (κ1) is 22.1. The molecule has 0 N–H and O–H groups in total. The fourth-order valence-corrected chi connectivity index (χ4v) is 4.75. The molecule has 164 valence electrons. The van der Waals surface area contributed by atoms with Crippen molar-refractivity contribution in [1.82, 2.24) is 14.5 Å². The minimum atomic E-state index is 0.0458. The third-order valence-electron chi connectivity index (χ3n) is 5.76. The smallest absolute Gasteiger partial charge is 0.262 e. The lowest BCUT2D eigenvalue weighted by atomic mass is 9.87. The third kappa shape index (κ3) is 5.37. The molecule has 1 aromatic heterocycles. The lowest BCUT2D eigenvalue weighted by Gasteiger charge is -2.27. The van der Waals surface area contributed by atoms with Crippen molar-refractivity contribution in [3.63, 3.8) is 0 Å². The van der Waals surface area contributed by atoms with Crippen LogP contribution < -0.4 is 5.56 Å². The molecule has 1 saturated heterocycles. The van der Waals surface area contributed by atoms with E-state index in [1.807, 2.05) is 28.8 Å². The predicted octanol–water partition coefficient (Wildman–Crippen LogP) is 4.32. The second-order valence-electron chi connectivity index (χ2n) is 9.06. The van der Waals surface area contributed by atoms with Crippen LogP contribution in [-0.2, 0) is 22.4 Å². The number of rotatable bonds is 6. The maximum Gasteiger partial charge on any atom is 0.262 e. The second-order valence-corrected chi connectivity index (χ2v) is 10.0. The van der Waals surface area contributed by atoms with Gasteiger partial charge in [-0.15, -0.1) is 0 Å². The average Bonchev–Trinajstić information content (AvgIpc) is 2.77. The Morgan fingerprint density at radius 3 is 2.42 bits per heavy atom. The normalized spacial score (nSPS) is 15.5. The summed E-state index contributed by atoms with van der Waals surface area (Å²) in [6.07, 6.45) is 0. The van der Waals surface area contributed by atoms with Crippen LogP contribution in [0.1, 0.15) is 31.9 Å². The van der Waals surface area contributed by atoms with Crippen molar-refractivity contribution in [2.24, 2.45) is 0 Å². The Hall–Kier alpha value is -2.15. The lowest BCUT2D eigenvalue weighted by molar-refractivity contribution is 0.0359. The number of thioether (sulfide) groups is 1. The summed E-state index contributed by atoms with van der Waals surface area (Å²) in [5, 5.41) is 1.47. The van der Waals surface area contributed by atoms with Gasteiger partial charge in [0.1, 0.15) is 0 Å². The van der Waals surface area contributed by atoms with E-state index in [1.165, 1.54) is 11.1 Å². The summed E-state index contributed by atoms with van der Waals surface area (Å²) in [6.45, 7) is 11.5. The number of aromatic nitrogens is 2. The summed E-state index contributed by atoms with van der Waals surface area (Å²) in [6, 6.07) is 16.4. The Bertz CT molecular complexity index is 1080. The van der Waals surface area contributed by atoms with E-state index >= 15 is 0 Å². The van der Waals surface area contributed by atoms with Gasteiger partial charge < -0.3 is 4.74 Å². The molecule has 0 saturated carbocycles. The number of nitrogens with zero attached hydrogens (tertiary/aromatic N) is 3. The van der Waals surface area contributed by atoms with E-state index in [-0.39, 0.29) is 11.0 Å². The highest BCUT2D eigenvalue weighted by molar-refractivity contribution is 7.98. The minimum absolute atomic E-state index is 0.0458. The second kappa shape index (κ2) is 9.55. The molecule has 0 aliphatic carbocycles. The van der Waals surface area contributed by atoms with Crippen LogP contribution in [0.2, 0.25) is 0 Å². The Morgan fingerprint density at radius 2 is 1.71 bits per heavy atom. The molecular formula is C25H31N3O2S. The molecule has 0 spiro atoms. The molecule has 0 bridgehead atoms. The standard InChI is InChI=1S/C25H31N3O2S/c1-25(2,3)20-10-8-19(9-11-20)18-31-24-26-22-7-5-4-6-21(22)23(29)28(24)13-12-27-14-16-30-17-15-27/h4-11H,12-18H2,1-3H3. The predicted molar refractivity (Wildman–Crippen MR) is 128 cm³/mol. The van der Waals surface area contributed by atoms with Crippen LogP contribution in [0.3, 0.4) is 0 Å². The molecule has 1 fully saturated rings. The van der Waals surface area contributed by atoms with Crippen molar-refractivity contribution in [2.45, 2.75) is 43.6 Å². The summed E-state index contributed by atoms with van der Waals surface area (Å²) in [5.74, 6) is 0.784. The van der Waals surface area contributed by atoms with Gasteiger partial charge in [0.05, 0.1) is 24.1 Å². The number of hydrogen-bond donors (Lipinski definition) is 0. The quantitative estimate of drug-likeness (QED) is 0.425. The van der Waals surface area contributed by atoms with Gasteiger partial charge in [-0.1, -0.05) is 68.9 Å². The van der Waals surface area contributed by atoms with Crippen LogP contribution in [0, 0.1) is 0 Å². The van der Waals surface area contributed by atoms with E-state index < -0.39 is 0 Å². The van der Waals surface area contributed by atoms with Crippen molar-refractivity contribution in [1.29, 1.82) is 0 Å². The van der Waals surface area contributed by atoms with Crippen molar-refractivity contribution in [3.8, 4) is 0 Å². The summed E-state index contributed by atoms with van der Waals surface area (Å²) >= 11 is 1.64. The van der Waals surface area contributed by atoms with Gasteiger partial charge in [0, 0.05) is 31.9 Å². The molecule has 2 aromatic carbocycles. The SMILES string of the molecule is CC(C)(C)c1ccc(CSc2nc3ccccc3c(=O)n2CCN2CCOCC2)cc1. The zero-order valence-electron chi connectivity index (χ0n) is 18.6. The lowest BCUT2D eigenvalue weighted by Crippen LogP contribution is -2.39. The van der Waals surface area contributed by atoms with Crippen LogP contribution in [0.5, 0.6) is 0 Å². The molecular weight excluding hydrogens is 406 g/mol. The van der Waals surface area contributed by atoms with E-state index in [4.69, 9.17) is 9.72 Å². The topological polar surface area (TPSA) is 47.4 Å². The molecule has 1 aliphatic rings. The van der Waals surface area contributed by atoms with E-state index in [0.29, 0.717) is 11.9 Å². The average molecular weight is 438 g/mol. The van der Waals surface area contributed by atoms with Gasteiger partial charge in [-0.2, -0.15) is 0 Å². The van der Waals surface area contributed by atoms with Gasteiger partial charge in [-0.3, -0.25) is 14.3 Å². The highest BCUT2D eigenvalue weighted by Gasteiger charge is 2.16. The first-order valence-corrected chi connectivity index (χ1v) is 11.9. The largest absolute Gasteiger partial charge is 0.379 e. The Balaban J connectivity index is 1.56. The van der Waals surface area contributed by atoms with E-state index in [1.54, 1.807) is 11.8 Å². The fourth-order valence-electron chi connectivity index (χ4n) is 3.77. The van der Waals surface area contributed by atoms with Crippen molar-refractivity contribution in [3.05, 3.63) is 70.0 Å². The molecule has 0 amide bonds. The van der Waals surface area contributed by atoms with E-state index in [9.17, 15) is 4.79 Å². The van der Waals surface area contributed by atoms with E-state index in [0.717, 1.165) is 49.3 Å². The Morgan fingerprint density at radius 1 is 1.00 bits per heavy atom. The van der Waals surface area contributed by atoms with Gasteiger partial charge in [-0.05, 0) is 28.7 Å². The molecule has 4 rings (SSSR count). The minimum Gasteiger partial charge on any atom is -0.379 e. The van der Waals surface area contributed by atoms with Crippen LogP contribution in [0.4, 0.5) is 0 Å². The Labute approximate surface area is 188 Å². The van der Waals surface area contributed by atoms with Crippen molar-refractivity contribution >= 4 is 22.7 Å². The van der Waals surface area contributed by atoms with Gasteiger partial charge in [0.15, 0.2) is 5.16 Å². The summed E-state index contributed by atoms with van der Waals surface area (Å²) < 4.78 is 7.30. The summed E-state index contributed by atoms with van der Waals surface area (Å²) in [4.78, 5) is 20.5. The summed E-state index contributed by atoms with van der Waals surface area (Å²) in [5.41, 5.74) is 3.52. The molecule has 5 nitrogen and oxygen atoms in total. The zero-order chi connectivity index (χ0) is 21.8. The van der Waals surface area contributed by atoms with Crippen LogP contribution in [0.15, 0.2) is 58.5 Å². The molecule has 6 heteroatoms. The van der Waals surface area contributed by atoms with Crippen LogP contribution in [0.25, 0.3) is 10.9 Å². The van der Waals surface area contributed by atoms with Crippen molar-refractivity contribution in [2.75, 3.05) is 32.8 Å². The number of benzene rings is 2. The number of fused-ring (bicyclic) bond motifs is 1. The maximum atomic E-state index is 13.3. The molecule has 0 unspecified atom stereocenters. The summed E-state index contributed by atoms with van der Waals surface area (Å²) in [7, 11) is 0. The van der Waals surface area contributed by atoms with Crippen LogP contribution in [-0.4, -0.2) is 47.3 Å². The third-order valence-corrected chi connectivity index (χ3v) is 6.81. The highest BCUT2D eigenvalue weighted by atomic mass is 32.2. The molecule has 0 radical (unpaired) electrons. The monoisotopic (exact) mass is 437 g/mol. The maximum absolute atomic E-state index is 13.3. The van der Waals surface area contributed by atoms with Gasteiger partial charge in [0.2, 0.25) is 0 Å². The number of morpholine rings is 1. The Kier molecular flexibility index (Phi) is 6.80. The zero-order valence-corrected chi connectivity index (χ0v) is 19.5. The number of para-hydroxylation sites is 1. The molecule has 3 aromatic rings. The molecule has 31 heavy (non-hydrogen) atoms. The van der Waals surface area contributed by atoms with Crippen LogP contribution >= 0.6 is 11.8 Å². The molecule has 0 atom stereocenters. The first-order valence-electron chi connectivity index (χ1n) is 10.9.